The third-order valence-corrected chi connectivity index (χ3v) is 4.44. The highest BCUT2D eigenvalue weighted by atomic mass is 19.2. The first kappa shape index (κ1) is 25.3. The van der Waals surface area contributed by atoms with Crippen LogP contribution >= 0.6 is 0 Å². The number of carbonyl (C=O) groups is 3. The van der Waals surface area contributed by atoms with Gasteiger partial charge in [-0.15, -0.1) is 0 Å². The standard InChI is InChI=1S/C20H23F5N2O5/c1-20(2,3)32-19(30)27-9-7-26(8-10-27)11(28)5-4-6-12(29)31-18-16(24)14(22)13(21)15(23)17(18)25/h4-10H2,1-3H3. The molecule has 0 atom stereocenters. The van der Waals surface area contributed by atoms with Gasteiger partial charge in [0.2, 0.25) is 40.7 Å². The van der Waals surface area contributed by atoms with Crippen molar-refractivity contribution in [1.29, 1.82) is 0 Å². The monoisotopic (exact) mass is 466 g/mol. The predicted octanol–water partition coefficient (Wildman–Crippen LogP) is 3.54. The van der Waals surface area contributed by atoms with Gasteiger partial charge in [0.1, 0.15) is 5.60 Å². The normalized spacial score (nSPS) is 14.4. The number of piperazine rings is 1. The summed E-state index contributed by atoms with van der Waals surface area (Å²) in [6.07, 6.45) is -1.15. The first-order valence-electron chi connectivity index (χ1n) is 9.79. The third-order valence-electron chi connectivity index (χ3n) is 4.44. The van der Waals surface area contributed by atoms with Crippen LogP contribution in [0.2, 0.25) is 0 Å². The summed E-state index contributed by atoms with van der Waals surface area (Å²) in [5.74, 6) is -14.6. The molecular formula is C20H23F5N2O5. The second-order valence-corrected chi connectivity index (χ2v) is 8.07. The molecule has 0 aromatic heterocycles. The predicted molar refractivity (Wildman–Crippen MR) is 100 cm³/mol. The zero-order valence-electron chi connectivity index (χ0n) is 17.8. The second-order valence-electron chi connectivity index (χ2n) is 8.07. The largest absolute Gasteiger partial charge is 0.444 e. The van der Waals surface area contributed by atoms with Crippen molar-refractivity contribution in [2.75, 3.05) is 26.2 Å². The van der Waals surface area contributed by atoms with Gasteiger partial charge in [0.15, 0.2) is 0 Å². The lowest BCUT2D eigenvalue weighted by Gasteiger charge is -2.35. The van der Waals surface area contributed by atoms with E-state index in [0.717, 1.165) is 0 Å². The van der Waals surface area contributed by atoms with Crippen molar-refractivity contribution in [3.05, 3.63) is 29.1 Å². The molecule has 1 aromatic rings. The molecule has 1 aliphatic rings. The van der Waals surface area contributed by atoms with E-state index in [2.05, 4.69) is 4.74 Å². The minimum Gasteiger partial charge on any atom is -0.444 e. The molecule has 1 heterocycles. The highest BCUT2D eigenvalue weighted by Gasteiger charge is 2.29. The summed E-state index contributed by atoms with van der Waals surface area (Å²) in [4.78, 5) is 39.0. The maximum atomic E-state index is 13.5. The number of nitrogens with zero attached hydrogens (tertiary/aromatic N) is 2. The number of esters is 1. The van der Waals surface area contributed by atoms with E-state index in [4.69, 9.17) is 4.74 Å². The van der Waals surface area contributed by atoms with Crippen LogP contribution in [0.5, 0.6) is 5.75 Å². The molecule has 1 aromatic carbocycles. The van der Waals surface area contributed by atoms with E-state index in [-0.39, 0.29) is 44.9 Å². The van der Waals surface area contributed by atoms with Crippen LogP contribution in [-0.2, 0) is 14.3 Å². The number of benzene rings is 1. The Labute approximate surface area is 181 Å². The quantitative estimate of drug-likeness (QED) is 0.218. The molecule has 12 heteroatoms. The van der Waals surface area contributed by atoms with Crippen LogP contribution in [0.25, 0.3) is 0 Å². The second kappa shape index (κ2) is 10.1. The van der Waals surface area contributed by atoms with Crippen molar-refractivity contribution in [1.82, 2.24) is 9.80 Å². The van der Waals surface area contributed by atoms with Crippen LogP contribution in [0, 0.1) is 29.1 Å². The van der Waals surface area contributed by atoms with Crippen LogP contribution in [-0.4, -0.2) is 59.5 Å². The molecule has 0 unspecified atom stereocenters. The fourth-order valence-electron chi connectivity index (χ4n) is 2.85. The molecule has 0 saturated carbocycles. The fraction of sp³-hybridized carbons (Fsp3) is 0.550. The Kier molecular flexibility index (Phi) is 8.02. The molecule has 7 nitrogen and oxygen atoms in total. The van der Waals surface area contributed by atoms with E-state index in [1.165, 1.54) is 9.80 Å². The van der Waals surface area contributed by atoms with Crippen LogP contribution in [0.1, 0.15) is 40.0 Å². The Morgan fingerprint density at radius 1 is 0.781 bits per heavy atom. The zero-order chi connectivity index (χ0) is 24.2. The molecule has 2 rings (SSSR count). The minimum absolute atomic E-state index is 0.0701. The molecule has 0 aliphatic carbocycles. The average molecular weight is 466 g/mol. The van der Waals surface area contributed by atoms with Crippen LogP contribution < -0.4 is 4.74 Å². The molecule has 32 heavy (non-hydrogen) atoms. The molecule has 2 amide bonds. The Hall–Kier alpha value is -2.92. The fourth-order valence-corrected chi connectivity index (χ4v) is 2.85. The van der Waals surface area contributed by atoms with Crippen molar-refractivity contribution in [2.24, 2.45) is 0 Å². The summed E-state index contributed by atoms with van der Waals surface area (Å²) in [6.45, 7) is 6.26. The van der Waals surface area contributed by atoms with Gasteiger partial charge in [0.25, 0.3) is 0 Å². The zero-order valence-corrected chi connectivity index (χ0v) is 17.8. The molecule has 178 valence electrons. The lowest BCUT2D eigenvalue weighted by atomic mass is 10.2. The lowest BCUT2D eigenvalue weighted by Crippen LogP contribution is -2.51. The Morgan fingerprint density at radius 2 is 1.25 bits per heavy atom. The van der Waals surface area contributed by atoms with E-state index in [1.54, 1.807) is 20.8 Å². The number of carbonyl (C=O) groups excluding carboxylic acids is 3. The summed E-state index contributed by atoms with van der Waals surface area (Å²) in [5.41, 5.74) is -0.643. The van der Waals surface area contributed by atoms with Crippen LogP contribution in [0.15, 0.2) is 0 Å². The number of hydrogen-bond donors (Lipinski definition) is 0. The summed E-state index contributed by atoms with van der Waals surface area (Å²) >= 11 is 0. The van der Waals surface area contributed by atoms with Gasteiger partial charge in [0.05, 0.1) is 0 Å². The number of ether oxygens (including phenoxy) is 2. The van der Waals surface area contributed by atoms with E-state index in [0.29, 0.717) is 0 Å². The SMILES string of the molecule is CC(C)(C)OC(=O)N1CCN(C(=O)CCCC(=O)Oc2c(F)c(F)c(F)c(F)c2F)CC1. The highest BCUT2D eigenvalue weighted by Crippen LogP contribution is 2.29. The summed E-state index contributed by atoms with van der Waals surface area (Å²) < 4.78 is 75.9. The molecule has 0 bridgehead atoms. The molecule has 0 N–H and O–H groups in total. The number of halogens is 5. The molecule has 0 radical (unpaired) electrons. The van der Waals surface area contributed by atoms with Gasteiger partial charge in [-0.25, -0.2) is 18.0 Å². The molecule has 1 saturated heterocycles. The van der Waals surface area contributed by atoms with Crippen molar-refractivity contribution in [3.63, 3.8) is 0 Å². The third kappa shape index (κ3) is 6.30. The lowest BCUT2D eigenvalue weighted by molar-refractivity contribution is -0.135. The van der Waals surface area contributed by atoms with E-state index >= 15 is 0 Å². The molecular weight excluding hydrogens is 443 g/mol. The van der Waals surface area contributed by atoms with Crippen molar-refractivity contribution in [3.8, 4) is 5.75 Å². The average Bonchev–Trinajstić information content (AvgIpc) is 2.72. The van der Waals surface area contributed by atoms with E-state index < -0.39 is 58.9 Å². The number of hydrogen-bond acceptors (Lipinski definition) is 5. The number of rotatable bonds is 5. The van der Waals surface area contributed by atoms with Gasteiger partial charge in [0, 0.05) is 39.0 Å². The van der Waals surface area contributed by atoms with Gasteiger partial charge >= 0.3 is 12.1 Å². The molecule has 1 fully saturated rings. The first-order chi connectivity index (χ1) is 14.8. The van der Waals surface area contributed by atoms with Gasteiger partial charge in [-0.1, -0.05) is 0 Å². The Balaban J connectivity index is 1.80. The molecule has 1 aliphatic heterocycles. The Bertz CT molecular complexity index is 866. The highest BCUT2D eigenvalue weighted by molar-refractivity contribution is 5.78. The van der Waals surface area contributed by atoms with Crippen LogP contribution in [0.4, 0.5) is 26.7 Å². The van der Waals surface area contributed by atoms with Crippen molar-refractivity contribution in [2.45, 2.75) is 45.6 Å². The summed E-state index contributed by atoms with van der Waals surface area (Å²) in [5, 5.41) is 0. The smallest absolute Gasteiger partial charge is 0.410 e. The van der Waals surface area contributed by atoms with Crippen LogP contribution in [0.3, 0.4) is 0 Å². The number of amides is 2. The minimum atomic E-state index is -2.36. The van der Waals surface area contributed by atoms with Crippen molar-refractivity contribution >= 4 is 18.0 Å². The summed E-state index contributed by atoms with van der Waals surface area (Å²) in [6, 6.07) is 0. The maximum Gasteiger partial charge on any atom is 0.410 e. The maximum absolute atomic E-state index is 13.5. The Morgan fingerprint density at radius 3 is 1.75 bits per heavy atom. The first-order valence-corrected chi connectivity index (χ1v) is 9.79. The molecule has 0 spiro atoms. The van der Waals surface area contributed by atoms with E-state index in [9.17, 15) is 36.3 Å². The van der Waals surface area contributed by atoms with Gasteiger partial charge in [-0.3, -0.25) is 9.59 Å². The van der Waals surface area contributed by atoms with Gasteiger partial charge < -0.3 is 19.3 Å². The topological polar surface area (TPSA) is 76.2 Å². The summed E-state index contributed by atoms with van der Waals surface area (Å²) in [7, 11) is 0. The van der Waals surface area contributed by atoms with Gasteiger partial charge in [-0.05, 0) is 27.2 Å². The van der Waals surface area contributed by atoms with Crippen molar-refractivity contribution < 1.29 is 45.8 Å². The van der Waals surface area contributed by atoms with E-state index in [1.807, 2.05) is 0 Å². The van der Waals surface area contributed by atoms with Gasteiger partial charge in [-0.2, -0.15) is 8.78 Å².